The summed E-state index contributed by atoms with van der Waals surface area (Å²) in [6.45, 7) is 0. The lowest BCUT2D eigenvalue weighted by Gasteiger charge is -2.33. The summed E-state index contributed by atoms with van der Waals surface area (Å²) < 4.78 is 5.26. The second-order valence-corrected chi connectivity index (χ2v) is 6.51. The number of oxazole rings is 1. The highest BCUT2D eigenvalue weighted by molar-refractivity contribution is 7.99. The summed E-state index contributed by atoms with van der Waals surface area (Å²) in [7, 11) is 0. The van der Waals surface area contributed by atoms with Crippen LogP contribution in [-0.4, -0.2) is 21.3 Å². The van der Waals surface area contributed by atoms with Crippen molar-refractivity contribution in [1.29, 1.82) is 0 Å². The minimum Gasteiger partial charge on any atom is -0.481 e. The summed E-state index contributed by atoms with van der Waals surface area (Å²) in [5, 5.41) is 9.99. The molecule has 21 heavy (non-hydrogen) atoms. The van der Waals surface area contributed by atoms with Gasteiger partial charge in [0.1, 0.15) is 6.26 Å². The molecule has 110 valence electrons. The third kappa shape index (κ3) is 3.29. The van der Waals surface area contributed by atoms with Crippen molar-refractivity contribution in [1.82, 2.24) is 4.98 Å². The summed E-state index contributed by atoms with van der Waals surface area (Å²) in [5.41, 5.74) is 1.29. The normalized spacial score (nSPS) is 25.6. The lowest BCUT2D eigenvalue weighted by Crippen LogP contribution is -2.32. The maximum Gasteiger partial charge on any atom is 0.307 e. The first kappa shape index (κ1) is 14.2. The average Bonchev–Trinajstić information content (AvgIpc) is 3.01. The van der Waals surface area contributed by atoms with E-state index in [4.69, 9.17) is 4.42 Å². The highest BCUT2D eigenvalue weighted by Crippen LogP contribution is 2.43. The number of carbonyl (C=O) groups is 1. The van der Waals surface area contributed by atoms with E-state index in [0.717, 1.165) is 12.8 Å². The molecule has 2 aromatic rings. The van der Waals surface area contributed by atoms with E-state index in [0.29, 0.717) is 17.6 Å². The summed E-state index contributed by atoms with van der Waals surface area (Å²) in [6, 6.07) is 10.3. The van der Waals surface area contributed by atoms with Crippen molar-refractivity contribution in [3.8, 4) is 0 Å². The molecule has 4 nitrogen and oxygen atoms in total. The van der Waals surface area contributed by atoms with Gasteiger partial charge in [-0.1, -0.05) is 42.1 Å². The number of thioether (sulfide) groups is 1. The molecule has 1 saturated carbocycles. The molecule has 1 aliphatic carbocycles. The van der Waals surface area contributed by atoms with E-state index in [-0.39, 0.29) is 11.2 Å². The quantitative estimate of drug-likeness (QED) is 0.930. The molecule has 0 aliphatic heterocycles. The maximum atomic E-state index is 11.5. The largest absolute Gasteiger partial charge is 0.481 e. The van der Waals surface area contributed by atoms with Gasteiger partial charge in [-0.3, -0.25) is 4.79 Å². The first-order valence-electron chi connectivity index (χ1n) is 7.08. The fourth-order valence-corrected chi connectivity index (χ4v) is 4.21. The molecule has 3 atom stereocenters. The number of nitrogens with zero attached hydrogens (tertiary/aromatic N) is 1. The first-order chi connectivity index (χ1) is 10.2. The Bertz CT molecular complexity index is 585. The maximum absolute atomic E-state index is 11.5. The Kier molecular flexibility index (Phi) is 4.29. The van der Waals surface area contributed by atoms with Crippen LogP contribution in [0.4, 0.5) is 0 Å². The van der Waals surface area contributed by atoms with E-state index < -0.39 is 5.97 Å². The van der Waals surface area contributed by atoms with Crippen LogP contribution in [0.25, 0.3) is 0 Å². The molecule has 0 saturated heterocycles. The second kappa shape index (κ2) is 6.35. The Labute approximate surface area is 127 Å². The van der Waals surface area contributed by atoms with Crippen molar-refractivity contribution in [3.05, 3.63) is 48.4 Å². The van der Waals surface area contributed by atoms with Crippen LogP contribution < -0.4 is 0 Å². The number of benzene rings is 1. The van der Waals surface area contributed by atoms with E-state index in [2.05, 4.69) is 17.1 Å². The Balaban J connectivity index is 1.77. The molecule has 1 heterocycles. The molecular weight excluding hydrogens is 286 g/mol. The third-order valence-electron chi connectivity index (χ3n) is 4.04. The number of carboxylic acid groups (broad SMARTS) is 1. The lowest BCUT2D eigenvalue weighted by molar-refractivity contribution is -0.142. The van der Waals surface area contributed by atoms with Gasteiger partial charge in [0.15, 0.2) is 0 Å². The van der Waals surface area contributed by atoms with Crippen molar-refractivity contribution >= 4 is 17.7 Å². The standard InChI is InChI=1S/C16H17NO3S/c18-15(19)13-7-6-12(11-4-2-1-3-5-11)10-14(13)21-16-17-8-9-20-16/h1-5,8-9,12-14H,6-7,10H2,(H,18,19). The fourth-order valence-electron chi connectivity index (χ4n) is 2.97. The molecule has 0 amide bonds. The zero-order valence-corrected chi connectivity index (χ0v) is 12.3. The van der Waals surface area contributed by atoms with Gasteiger partial charge in [0.2, 0.25) is 0 Å². The van der Waals surface area contributed by atoms with E-state index in [1.54, 1.807) is 6.20 Å². The first-order valence-corrected chi connectivity index (χ1v) is 7.96. The number of rotatable bonds is 4. The molecule has 3 unspecified atom stereocenters. The molecule has 1 aromatic carbocycles. The molecule has 1 aromatic heterocycles. The average molecular weight is 303 g/mol. The van der Waals surface area contributed by atoms with Crippen molar-refractivity contribution in [2.24, 2.45) is 5.92 Å². The Morgan fingerprint density at radius 3 is 2.76 bits per heavy atom. The number of aliphatic carboxylic acids is 1. The minimum atomic E-state index is -0.717. The van der Waals surface area contributed by atoms with Gasteiger partial charge < -0.3 is 9.52 Å². The van der Waals surface area contributed by atoms with Crippen LogP contribution in [0.3, 0.4) is 0 Å². The summed E-state index contributed by atoms with van der Waals surface area (Å²) in [4.78, 5) is 15.6. The van der Waals surface area contributed by atoms with E-state index in [1.165, 1.54) is 23.6 Å². The summed E-state index contributed by atoms with van der Waals surface area (Å²) in [6.07, 6.45) is 5.58. The molecule has 0 spiro atoms. The molecule has 1 N–H and O–H groups in total. The third-order valence-corrected chi connectivity index (χ3v) is 5.27. The Morgan fingerprint density at radius 2 is 2.10 bits per heavy atom. The zero-order chi connectivity index (χ0) is 14.7. The van der Waals surface area contributed by atoms with E-state index in [1.807, 2.05) is 18.2 Å². The predicted molar refractivity (Wildman–Crippen MR) is 80.3 cm³/mol. The van der Waals surface area contributed by atoms with Gasteiger partial charge in [0.05, 0.1) is 12.1 Å². The highest BCUT2D eigenvalue weighted by Gasteiger charge is 2.36. The van der Waals surface area contributed by atoms with Crippen LogP contribution in [-0.2, 0) is 4.79 Å². The molecule has 0 radical (unpaired) electrons. The van der Waals surface area contributed by atoms with Crippen LogP contribution in [0.2, 0.25) is 0 Å². The summed E-state index contributed by atoms with van der Waals surface area (Å²) in [5.74, 6) is -0.637. The number of carboxylic acids is 1. The zero-order valence-electron chi connectivity index (χ0n) is 11.5. The predicted octanol–water partition coefficient (Wildman–Crippen LogP) is 3.80. The van der Waals surface area contributed by atoms with Crippen molar-refractivity contribution in [3.63, 3.8) is 0 Å². The molecule has 3 rings (SSSR count). The Hall–Kier alpha value is -1.75. The van der Waals surface area contributed by atoms with Gasteiger partial charge in [0.25, 0.3) is 5.22 Å². The lowest BCUT2D eigenvalue weighted by atomic mass is 9.78. The smallest absolute Gasteiger partial charge is 0.307 e. The molecule has 1 fully saturated rings. The van der Waals surface area contributed by atoms with Gasteiger partial charge >= 0.3 is 5.97 Å². The molecule has 5 heteroatoms. The van der Waals surface area contributed by atoms with E-state index in [9.17, 15) is 9.90 Å². The highest BCUT2D eigenvalue weighted by atomic mass is 32.2. The van der Waals surface area contributed by atoms with Crippen molar-refractivity contribution in [2.45, 2.75) is 35.7 Å². The Morgan fingerprint density at radius 1 is 1.29 bits per heavy atom. The second-order valence-electron chi connectivity index (χ2n) is 5.32. The monoisotopic (exact) mass is 303 g/mol. The van der Waals surface area contributed by atoms with Crippen molar-refractivity contribution in [2.75, 3.05) is 0 Å². The van der Waals surface area contributed by atoms with Crippen LogP contribution in [0.1, 0.15) is 30.7 Å². The topological polar surface area (TPSA) is 63.3 Å². The summed E-state index contributed by atoms with van der Waals surface area (Å²) >= 11 is 1.45. The molecule has 1 aliphatic rings. The fraction of sp³-hybridized carbons (Fsp3) is 0.375. The van der Waals surface area contributed by atoms with Crippen LogP contribution in [0, 0.1) is 5.92 Å². The molecule has 0 bridgehead atoms. The number of aromatic nitrogens is 1. The van der Waals surface area contributed by atoms with Crippen LogP contribution >= 0.6 is 11.8 Å². The van der Waals surface area contributed by atoms with E-state index >= 15 is 0 Å². The van der Waals surface area contributed by atoms with Gasteiger partial charge in [-0.2, -0.15) is 0 Å². The SMILES string of the molecule is O=C(O)C1CCC(c2ccccc2)CC1Sc1ncco1. The van der Waals surface area contributed by atoms with Gasteiger partial charge in [-0.15, -0.1) is 0 Å². The van der Waals surface area contributed by atoms with Gasteiger partial charge in [-0.25, -0.2) is 4.98 Å². The van der Waals surface area contributed by atoms with Gasteiger partial charge in [-0.05, 0) is 30.7 Å². The van der Waals surface area contributed by atoms with Crippen LogP contribution in [0.15, 0.2) is 52.4 Å². The van der Waals surface area contributed by atoms with Crippen molar-refractivity contribution < 1.29 is 14.3 Å². The minimum absolute atomic E-state index is 0.0000983. The van der Waals surface area contributed by atoms with Crippen LogP contribution in [0.5, 0.6) is 0 Å². The number of hydrogen-bond acceptors (Lipinski definition) is 4. The molecular formula is C16H17NO3S. The number of hydrogen-bond donors (Lipinski definition) is 1. The van der Waals surface area contributed by atoms with Gasteiger partial charge in [0, 0.05) is 5.25 Å².